The summed E-state index contributed by atoms with van der Waals surface area (Å²) in [6.07, 6.45) is 3.40. The molecule has 1 aliphatic heterocycles. The van der Waals surface area contributed by atoms with Crippen molar-refractivity contribution in [3.63, 3.8) is 0 Å². The van der Waals surface area contributed by atoms with E-state index in [2.05, 4.69) is 10.6 Å². The van der Waals surface area contributed by atoms with Crippen LogP contribution in [-0.4, -0.2) is 41.8 Å². The third kappa shape index (κ3) is 5.51. The van der Waals surface area contributed by atoms with E-state index in [1.807, 2.05) is 41.3 Å². The van der Waals surface area contributed by atoms with Crippen LogP contribution in [0, 0.1) is 11.8 Å². The minimum Gasteiger partial charge on any atom is -0.350 e. The predicted molar refractivity (Wildman–Crippen MR) is 118 cm³/mol. The molecule has 1 saturated heterocycles. The van der Waals surface area contributed by atoms with Gasteiger partial charge in [-0.3, -0.25) is 14.4 Å². The quantitative estimate of drug-likeness (QED) is 0.724. The lowest BCUT2D eigenvalue weighted by Gasteiger charge is -2.36. The van der Waals surface area contributed by atoms with Crippen LogP contribution < -0.4 is 10.6 Å². The number of carbonyl (C=O) groups is 3. The van der Waals surface area contributed by atoms with Crippen LogP contribution in [0.4, 0.5) is 0 Å². The first kappa shape index (κ1) is 21.1. The SMILES string of the molecule is O=C(N[C@H](C(=O)NCc1ccccc1)C1CCN(C(=O)C2CC2)CC1)c1ccccc1. The summed E-state index contributed by atoms with van der Waals surface area (Å²) < 4.78 is 0. The largest absolute Gasteiger partial charge is 0.350 e. The Labute approximate surface area is 183 Å². The summed E-state index contributed by atoms with van der Waals surface area (Å²) in [6, 6.07) is 18.0. The van der Waals surface area contributed by atoms with E-state index < -0.39 is 6.04 Å². The summed E-state index contributed by atoms with van der Waals surface area (Å²) in [5.74, 6) is 0.0138. The van der Waals surface area contributed by atoms with Crippen LogP contribution in [0.15, 0.2) is 60.7 Å². The van der Waals surface area contributed by atoms with Crippen LogP contribution in [-0.2, 0) is 16.1 Å². The molecule has 6 nitrogen and oxygen atoms in total. The van der Waals surface area contributed by atoms with Crippen molar-refractivity contribution in [2.75, 3.05) is 13.1 Å². The number of piperidine rings is 1. The number of hydrogen-bond donors (Lipinski definition) is 2. The number of hydrogen-bond acceptors (Lipinski definition) is 3. The van der Waals surface area contributed by atoms with Crippen molar-refractivity contribution in [2.45, 2.75) is 38.3 Å². The van der Waals surface area contributed by atoms with Gasteiger partial charge in [-0.1, -0.05) is 48.5 Å². The van der Waals surface area contributed by atoms with Crippen molar-refractivity contribution in [1.82, 2.24) is 15.5 Å². The minimum atomic E-state index is -0.630. The highest BCUT2D eigenvalue weighted by molar-refractivity contribution is 5.97. The molecule has 162 valence electrons. The van der Waals surface area contributed by atoms with Gasteiger partial charge in [-0.05, 0) is 49.3 Å². The van der Waals surface area contributed by atoms with Gasteiger partial charge in [-0.15, -0.1) is 0 Å². The molecule has 3 amide bonds. The minimum absolute atomic E-state index is 0.00770. The molecule has 4 rings (SSSR count). The van der Waals surface area contributed by atoms with E-state index in [0.717, 1.165) is 18.4 Å². The highest BCUT2D eigenvalue weighted by Crippen LogP contribution is 2.33. The second-order valence-corrected chi connectivity index (χ2v) is 8.46. The summed E-state index contributed by atoms with van der Waals surface area (Å²) >= 11 is 0. The predicted octanol–water partition coefficient (Wildman–Crippen LogP) is 2.75. The van der Waals surface area contributed by atoms with E-state index in [1.165, 1.54) is 0 Å². The maximum Gasteiger partial charge on any atom is 0.251 e. The molecule has 1 saturated carbocycles. The molecule has 2 aromatic carbocycles. The molecule has 31 heavy (non-hydrogen) atoms. The average molecular weight is 420 g/mol. The molecule has 2 aliphatic rings. The fourth-order valence-corrected chi connectivity index (χ4v) is 4.15. The van der Waals surface area contributed by atoms with Gasteiger partial charge in [0, 0.05) is 31.1 Å². The number of nitrogens with one attached hydrogen (secondary N) is 2. The van der Waals surface area contributed by atoms with Gasteiger partial charge in [-0.25, -0.2) is 0 Å². The summed E-state index contributed by atoms with van der Waals surface area (Å²) in [6.45, 7) is 1.70. The van der Waals surface area contributed by atoms with Crippen LogP contribution in [0.5, 0.6) is 0 Å². The van der Waals surface area contributed by atoms with Crippen molar-refractivity contribution in [2.24, 2.45) is 11.8 Å². The second-order valence-electron chi connectivity index (χ2n) is 8.46. The molecule has 2 N–H and O–H groups in total. The van der Waals surface area contributed by atoms with Gasteiger partial charge in [0.05, 0.1) is 0 Å². The van der Waals surface area contributed by atoms with Crippen LogP contribution in [0.2, 0.25) is 0 Å². The Hall–Kier alpha value is -3.15. The van der Waals surface area contributed by atoms with Crippen molar-refractivity contribution < 1.29 is 14.4 Å². The van der Waals surface area contributed by atoms with E-state index in [4.69, 9.17) is 0 Å². The van der Waals surface area contributed by atoms with Crippen LogP contribution >= 0.6 is 0 Å². The zero-order valence-corrected chi connectivity index (χ0v) is 17.6. The molecule has 0 radical (unpaired) electrons. The van der Waals surface area contributed by atoms with Crippen molar-refractivity contribution in [3.8, 4) is 0 Å². The Morgan fingerprint density at radius 3 is 2.10 bits per heavy atom. The molecule has 0 bridgehead atoms. The molecule has 0 aromatic heterocycles. The van der Waals surface area contributed by atoms with Gasteiger partial charge in [0.25, 0.3) is 5.91 Å². The number of carbonyl (C=O) groups excluding carboxylic acids is 3. The third-order valence-corrected chi connectivity index (χ3v) is 6.16. The zero-order chi connectivity index (χ0) is 21.6. The lowest BCUT2D eigenvalue weighted by molar-refractivity contribution is -0.134. The lowest BCUT2D eigenvalue weighted by atomic mass is 9.88. The van der Waals surface area contributed by atoms with Gasteiger partial charge in [0.1, 0.15) is 6.04 Å². The van der Waals surface area contributed by atoms with E-state index in [-0.39, 0.29) is 29.6 Å². The first-order valence-electron chi connectivity index (χ1n) is 11.1. The molecule has 2 fully saturated rings. The molecule has 1 atom stereocenters. The first-order valence-corrected chi connectivity index (χ1v) is 11.1. The fourth-order valence-electron chi connectivity index (χ4n) is 4.15. The highest BCUT2D eigenvalue weighted by atomic mass is 16.2. The van der Waals surface area contributed by atoms with Crippen molar-refractivity contribution >= 4 is 17.7 Å². The Balaban J connectivity index is 1.42. The fraction of sp³-hybridized carbons (Fsp3) is 0.400. The standard InChI is InChI=1S/C25H29N3O3/c29-23(20-9-5-2-6-10-20)27-22(24(30)26-17-18-7-3-1-4-8-18)19-13-15-28(16-14-19)25(31)21-11-12-21/h1-10,19,21-22H,11-17H2,(H,26,30)(H,27,29)/t22-/m0/s1. The normalized spacial score (nSPS) is 17.6. The van der Waals surface area contributed by atoms with Crippen LogP contribution in [0.25, 0.3) is 0 Å². The van der Waals surface area contributed by atoms with E-state index >= 15 is 0 Å². The van der Waals surface area contributed by atoms with E-state index in [0.29, 0.717) is 38.0 Å². The highest BCUT2D eigenvalue weighted by Gasteiger charge is 2.38. The smallest absolute Gasteiger partial charge is 0.251 e. The molecule has 1 aliphatic carbocycles. The number of nitrogens with zero attached hydrogens (tertiary/aromatic N) is 1. The molecule has 1 heterocycles. The molecule has 6 heteroatoms. The van der Waals surface area contributed by atoms with Crippen LogP contribution in [0.3, 0.4) is 0 Å². The number of benzene rings is 2. The number of amides is 3. The Bertz CT molecular complexity index is 904. The van der Waals surface area contributed by atoms with Gasteiger partial charge in [-0.2, -0.15) is 0 Å². The summed E-state index contributed by atoms with van der Waals surface area (Å²) in [4.78, 5) is 40.2. The monoisotopic (exact) mass is 419 g/mol. The van der Waals surface area contributed by atoms with Gasteiger partial charge in [0.15, 0.2) is 0 Å². The first-order chi connectivity index (χ1) is 15.1. The third-order valence-electron chi connectivity index (χ3n) is 6.16. The maximum atomic E-state index is 13.1. The number of likely N-dealkylation sites (tertiary alicyclic amines) is 1. The maximum absolute atomic E-state index is 13.1. The van der Waals surface area contributed by atoms with Gasteiger partial charge < -0.3 is 15.5 Å². The molecule has 0 unspecified atom stereocenters. The lowest BCUT2D eigenvalue weighted by Crippen LogP contribution is -2.53. The summed E-state index contributed by atoms with van der Waals surface area (Å²) in [5, 5.41) is 5.94. The topological polar surface area (TPSA) is 78.5 Å². The zero-order valence-electron chi connectivity index (χ0n) is 17.6. The Morgan fingerprint density at radius 1 is 0.871 bits per heavy atom. The molecular formula is C25H29N3O3. The molecule has 2 aromatic rings. The Kier molecular flexibility index (Phi) is 6.65. The van der Waals surface area contributed by atoms with E-state index in [1.54, 1.807) is 24.3 Å². The molecular weight excluding hydrogens is 390 g/mol. The van der Waals surface area contributed by atoms with Crippen molar-refractivity contribution in [3.05, 3.63) is 71.8 Å². The number of rotatable bonds is 7. The van der Waals surface area contributed by atoms with E-state index in [9.17, 15) is 14.4 Å². The summed E-state index contributed by atoms with van der Waals surface area (Å²) in [5.41, 5.74) is 1.54. The molecule has 0 spiro atoms. The van der Waals surface area contributed by atoms with Gasteiger partial charge in [0.2, 0.25) is 11.8 Å². The van der Waals surface area contributed by atoms with Crippen molar-refractivity contribution in [1.29, 1.82) is 0 Å². The van der Waals surface area contributed by atoms with Gasteiger partial charge >= 0.3 is 0 Å². The summed E-state index contributed by atoms with van der Waals surface area (Å²) in [7, 11) is 0. The average Bonchev–Trinajstić information content (AvgIpc) is 3.67. The van der Waals surface area contributed by atoms with Crippen LogP contribution in [0.1, 0.15) is 41.6 Å². The second kappa shape index (κ2) is 9.77. The Morgan fingerprint density at radius 2 is 1.48 bits per heavy atom.